The van der Waals surface area contributed by atoms with Crippen LogP contribution < -0.4 is 0 Å². The molecule has 0 aliphatic heterocycles. The van der Waals surface area contributed by atoms with Crippen molar-refractivity contribution in [3.8, 4) is 0 Å². The van der Waals surface area contributed by atoms with Crippen LogP contribution in [0.25, 0.3) is 0 Å². The van der Waals surface area contributed by atoms with Crippen LogP contribution in [-0.4, -0.2) is 0 Å². The zero-order valence-corrected chi connectivity index (χ0v) is 7.48. The summed E-state index contributed by atoms with van der Waals surface area (Å²) in [5.41, 5.74) is -0.119. The van der Waals surface area contributed by atoms with Gasteiger partial charge in [0.25, 0.3) is 6.43 Å². The largest absolute Gasteiger partial charge is 0.264 e. The third-order valence-electron chi connectivity index (χ3n) is 1.20. The predicted molar refractivity (Wildman–Crippen MR) is 44.1 cm³/mol. The highest BCUT2D eigenvalue weighted by atomic mass is 127. The molecule has 0 saturated carbocycles. The zero-order valence-electron chi connectivity index (χ0n) is 5.32. The van der Waals surface area contributed by atoms with Gasteiger partial charge in [0, 0.05) is 9.13 Å². The van der Waals surface area contributed by atoms with Gasteiger partial charge < -0.3 is 0 Å². The maximum Gasteiger partial charge on any atom is 0.264 e. The van der Waals surface area contributed by atoms with Crippen LogP contribution in [0.5, 0.6) is 0 Å². The Bertz CT molecular complexity index is 260. The van der Waals surface area contributed by atoms with Gasteiger partial charge in [-0.1, -0.05) is 0 Å². The maximum absolute atomic E-state index is 12.4. The SMILES string of the molecule is Fc1ccc(C(F)F)c(I)c1. The van der Waals surface area contributed by atoms with Gasteiger partial charge >= 0.3 is 0 Å². The van der Waals surface area contributed by atoms with Crippen molar-refractivity contribution in [3.05, 3.63) is 33.1 Å². The number of alkyl halides is 2. The summed E-state index contributed by atoms with van der Waals surface area (Å²) in [4.78, 5) is 0. The molecule has 0 aliphatic carbocycles. The second-order valence-electron chi connectivity index (χ2n) is 1.97. The molecular weight excluding hydrogens is 268 g/mol. The molecule has 0 aliphatic rings. The summed E-state index contributed by atoms with van der Waals surface area (Å²) in [5, 5.41) is 0. The Morgan fingerprint density at radius 1 is 1.27 bits per heavy atom. The number of hydrogen-bond donors (Lipinski definition) is 0. The molecule has 11 heavy (non-hydrogen) atoms. The van der Waals surface area contributed by atoms with Gasteiger partial charge in [-0.2, -0.15) is 0 Å². The molecule has 0 saturated heterocycles. The van der Waals surface area contributed by atoms with Crippen molar-refractivity contribution in [2.75, 3.05) is 0 Å². The van der Waals surface area contributed by atoms with E-state index in [1.807, 2.05) is 0 Å². The molecule has 0 spiro atoms. The Hall–Kier alpha value is -0.260. The van der Waals surface area contributed by atoms with Gasteiger partial charge in [0.2, 0.25) is 0 Å². The number of benzene rings is 1. The van der Waals surface area contributed by atoms with E-state index in [1.165, 1.54) is 0 Å². The average Bonchev–Trinajstić information content (AvgIpc) is 1.85. The molecule has 0 nitrogen and oxygen atoms in total. The summed E-state index contributed by atoms with van der Waals surface area (Å²) in [7, 11) is 0. The maximum atomic E-state index is 12.4. The van der Waals surface area contributed by atoms with E-state index in [9.17, 15) is 13.2 Å². The Labute approximate surface area is 75.6 Å². The molecule has 1 rings (SSSR count). The van der Waals surface area contributed by atoms with Crippen LogP contribution >= 0.6 is 22.6 Å². The molecule has 4 heteroatoms. The summed E-state index contributed by atoms with van der Waals surface area (Å²) < 4.78 is 36.7. The van der Waals surface area contributed by atoms with Crippen LogP contribution in [0, 0.1) is 9.39 Å². The third kappa shape index (κ3) is 2.08. The first-order valence-electron chi connectivity index (χ1n) is 2.84. The molecular formula is C7H4F3I. The first kappa shape index (κ1) is 8.83. The molecule has 1 aromatic rings. The smallest absolute Gasteiger partial charge is 0.207 e. The van der Waals surface area contributed by atoms with Gasteiger partial charge in [-0.15, -0.1) is 0 Å². The minimum Gasteiger partial charge on any atom is -0.207 e. The molecule has 0 bridgehead atoms. The lowest BCUT2D eigenvalue weighted by Gasteiger charge is -2.01. The lowest BCUT2D eigenvalue weighted by Crippen LogP contribution is -1.89. The Balaban J connectivity index is 3.09. The van der Waals surface area contributed by atoms with E-state index >= 15 is 0 Å². The summed E-state index contributed by atoms with van der Waals surface area (Å²) in [6.45, 7) is 0. The van der Waals surface area contributed by atoms with E-state index in [-0.39, 0.29) is 9.13 Å². The van der Waals surface area contributed by atoms with Gasteiger partial charge in [-0.05, 0) is 40.8 Å². The van der Waals surface area contributed by atoms with E-state index in [0.717, 1.165) is 18.2 Å². The van der Waals surface area contributed by atoms with Crippen molar-refractivity contribution in [1.29, 1.82) is 0 Å². The van der Waals surface area contributed by atoms with Gasteiger partial charge in [0.1, 0.15) is 5.82 Å². The van der Waals surface area contributed by atoms with Gasteiger partial charge in [-0.25, -0.2) is 13.2 Å². The molecule has 0 aromatic heterocycles. The second-order valence-corrected chi connectivity index (χ2v) is 3.13. The predicted octanol–water partition coefficient (Wildman–Crippen LogP) is 3.37. The van der Waals surface area contributed by atoms with Crippen molar-refractivity contribution in [2.45, 2.75) is 6.43 Å². The van der Waals surface area contributed by atoms with Gasteiger partial charge in [0.15, 0.2) is 0 Å². The minimum absolute atomic E-state index is 0.119. The van der Waals surface area contributed by atoms with Crippen LogP contribution in [0.4, 0.5) is 13.2 Å². The molecule has 0 fully saturated rings. The van der Waals surface area contributed by atoms with Gasteiger partial charge in [0.05, 0.1) is 0 Å². The summed E-state index contributed by atoms with van der Waals surface area (Å²) >= 11 is 1.68. The molecule has 0 atom stereocenters. The summed E-state index contributed by atoms with van der Waals surface area (Å²) in [6, 6.07) is 3.22. The van der Waals surface area contributed by atoms with Crippen molar-refractivity contribution in [3.63, 3.8) is 0 Å². The lowest BCUT2D eigenvalue weighted by molar-refractivity contribution is 0.150. The van der Waals surface area contributed by atoms with E-state index in [1.54, 1.807) is 22.6 Å². The number of halogens is 4. The monoisotopic (exact) mass is 272 g/mol. The fourth-order valence-corrected chi connectivity index (χ4v) is 1.39. The highest BCUT2D eigenvalue weighted by molar-refractivity contribution is 14.1. The van der Waals surface area contributed by atoms with Crippen LogP contribution in [0.1, 0.15) is 12.0 Å². The highest BCUT2D eigenvalue weighted by Gasteiger charge is 2.10. The van der Waals surface area contributed by atoms with E-state index in [0.29, 0.717) is 0 Å². The van der Waals surface area contributed by atoms with Crippen molar-refractivity contribution < 1.29 is 13.2 Å². The summed E-state index contributed by atoms with van der Waals surface area (Å²) in [5.74, 6) is -0.487. The second kappa shape index (κ2) is 3.42. The Morgan fingerprint density at radius 2 is 1.91 bits per heavy atom. The van der Waals surface area contributed by atoms with Gasteiger partial charge in [-0.3, -0.25) is 0 Å². The number of rotatable bonds is 1. The van der Waals surface area contributed by atoms with Crippen molar-refractivity contribution in [2.24, 2.45) is 0 Å². The van der Waals surface area contributed by atoms with E-state index in [2.05, 4.69) is 0 Å². The van der Waals surface area contributed by atoms with Crippen LogP contribution in [0.2, 0.25) is 0 Å². The first-order chi connectivity index (χ1) is 5.11. The fourth-order valence-electron chi connectivity index (χ4n) is 0.678. The third-order valence-corrected chi connectivity index (χ3v) is 2.13. The minimum atomic E-state index is -2.53. The molecule has 0 N–H and O–H groups in total. The molecule has 1 aromatic carbocycles. The molecule has 60 valence electrons. The summed E-state index contributed by atoms with van der Waals surface area (Å²) in [6.07, 6.45) is -2.53. The molecule has 0 heterocycles. The highest BCUT2D eigenvalue weighted by Crippen LogP contribution is 2.24. The van der Waals surface area contributed by atoms with E-state index in [4.69, 9.17) is 0 Å². The number of hydrogen-bond acceptors (Lipinski definition) is 0. The van der Waals surface area contributed by atoms with Crippen molar-refractivity contribution in [1.82, 2.24) is 0 Å². The molecule has 0 unspecified atom stereocenters. The Morgan fingerprint density at radius 3 is 2.36 bits per heavy atom. The Kier molecular flexibility index (Phi) is 2.75. The lowest BCUT2D eigenvalue weighted by atomic mass is 10.2. The van der Waals surface area contributed by atoms with Crippen LogP contribution in [0.3, 0.4) is 0 Å². The van der Waals surface area contributed by atoms with Crippen LogP contribution in [-0.2, 0) is 0 Å². The first-order valence-corrected chi connectivity index (χ1v) is 3.92. The average molecular weight is 272 g/mol. The standard InChI is InChI=1S/C7H4F3I/c8-4-1-2-5(7(9)10)6(11)3-4/h1-3,7H. The van der Waals surface area contributed by atoms with Crippen LogP contribution in [0.15, 0.2) is 18.2 Å². The molecule has 0 radical (unpaired) electrons. The zero-order chi connectivity index (χ0) is 8.43. The van der Waals surface area contributed by atoms with E-state index < -0.39 is 12.2 Å². The van der Waals surface area contributed by atoms with Crippen molar-refractivity contribution >= 4 is 22.6 Å². The topological polar surface area (TPSA) is 0 Å². The fraction of sp³-hybridized carbons (Fsp3) is 0.143. The molecule has 0 amide bonds. The quantitative estimate of drug-likeness (QED) is 0.687. The normalized spacial score (nSPS) is 10.6.